The highest BCUT2D eigenvalue weighted by molar-refractivity contribution is 6.31. The van der Waals surface area contributed by atoms with E-state index in [1.807, 2.05) is 0 Å². The van der Waals surface area contributed by atoms with Crippen molar-refractivity contribution < 1.29 is 8.78 Å². The summed E-state index contributed by atoms with van der Waals surface area (Å²) in [6.45, 7) is -0.338. The molecule has 0 radical (unpaired) electrons. The lowest BCUT2D eigenvalue weighted by Crippen LogP contribution is -2.17. The first-order chi connectivity index (χ1) is 5.08. The summed E-state index contributed by atoms with van der Waals surface area (Å²) in [6, 6.07) is 0. The molecule has 60 valence electrons. The van der Waals surface area contributed by atoms with Gasteiger partial charge in [-0.25, -0.2) is 8.78 Å². The number of halogens is 3. The Morgan fingerprint density at radius 1 is 1.64 bits per heavy atom. The van der Waals surface area contributed by atoms with Gasteiger partial charge in [-0.2, -0.15) is 5.10 Å². The summed E-state index contributed by atoms with van der Waals surface area (Å²) in [6.07, 6.45) is 1.11. The minimum Gasteiger partial charge on any atom is -0.262 e. The Kier molecular flexibility index (Phi) is 1.24. The minimum atomic E-state index is -2.66. The number of hydrogen-bond acceptors (Lipinski definition) is 1. The van der Waals surface area contributed by atoms with E-state index in [0.29, 0.717) is 10.7 Å². The van der Waals surface area contributed by atoms with Crippen molar-refractivity contribution in [1.82, 2.24) is 9.78 Å². The monoisotopic (exact) mass is 178 g/mol. The molecule has 1 aliphatic heterocycles. The van der Waals surface area contributed by atoms with E-state index >= 15 is 0 Å². The molecule has 1 aromatic heterocycles. The zero-order chi connectivity index (χ0) is 8.06. The van der Waals surface area contributed by atoms with E-state index < -0.39 is 5.92 Å². The molecule has 0 saturated carbocycles. The molecule has 2 nitrogen and oxygen atoms in total. The van der Waals surface area contributed by atoms with E-state index in [2.05, 4.69) is 5.10 Å². The Morgan fingerprint density at radius 3 is 3.00 bits per heavy atom. The van der Waals surface area contributed by atoms with Gasteiger partial charge in [-0.05, 0) is 0 Å². The van der Waals surface area contributed by atoms with Crippen LogP contribution in [0.1, 0.15) is 5.69 Å². The second kappa shape index (κ2) is 1.94. The third-order valence-electron chi connectivity index (χ3n) is 1.70. The Labute approximate surface area is 66.8 Å². The van der Waals surface area contributed by atoms with Crippen molar-refractivity contribution in [3.05, 3.63) is 16.9 Å². The highest BCUT2D eigenvalue weighted by Crippen LogP contribution is 2.32. The summed E-state index contributed by atoms with van der Waals surface area (Å²) in [5.74, 6) is -2.66. The van der Waals surface area contributed by atoms with Gasteiger partial charge in [0, 0.05) is 0 Å². The van der Waals surface area contributed by atoms with Crippen LogP contribution in [-0.2, 0) is 13.0 Å². The lowest BCUT2D eigenvalue weighted by molar-refractivity contribution is 0.000983. The number of rotatable bonds is 0. The molecule has 5 heteroatoms. The van der Waals surface area contributed by atoms with Crippen molar-refractivity contribution >= 4 is 11.6 Å². The fourth-order valence-electron chi connectivity index (χ4n) is 1.22. The van der Waals surface area contributed by atoms with E-state index in [4.69, 9.17) is 11.6 Å². The summed E-state index contributed by atoms with van der Waals surface area (Å²) in [7, 11) is 0. The molecule has 0 bridgehead atoms. The van der Waals surface area contributed by atoms with Crippen molar-refractivity contribution in [2.75, 3.05) is 0 Å². The predicted molar refractivity (Wildman–Crippen MR) is 35.9 cm³/mol. The first kappa shape index (κ1) is 7.03. The smallest absolute Gasteiger partial charge is 0.262 e. The molecule has 0 fully saturated rings. The molecular formula is C6H5ClF2N2. The molecule has 11 heavy (non-hydrogen) atoms. The summed E-state index contributed by atoms with van der Waals surface area (Å²) in [5, 5.41) is 4.03. The highest BCUT2D eigenvalue weighted by Gasteiger charge is 2.39. The fourth-order valence-corrected chi connectivity index (χ4v) is 1.43. The molecule has 0 amide bonds. The predicted octanol–water partition coefficient (Wildman–Crippen LogP) is 1.73. The van der Waals surface area contributed by atoms with Gasteiger partial charge in [-0.1, -0.05) is 11.6 Å². The van der Waals surface area contributed by atoms with Crippen LogP contribution >= 0.6 is 11.6 Å². The molecule has 0 aromatic carbocycles. The van der Waals surface area contributed by atoms with Gasteiger partial charge >= 0.3 is 0 Å². The zero-order valence-corrected chi connectivity index (χ0v) is 6.28. The lowest BCUT2D eigenvalue weighted by atomic mass is 10.2. The summed E-state index contributed by atoms with van der Waals surface area (Å²) >= 11 is 5.60. The van der Waals surface area contributed by atoms with Crippen molar-refractivity contribution in [1.29, 1.82) is 0 Å². The first-order valence-corrected chi connectivity index (χ1v) is 3.54. The summed E-state index contributed by atoms with van der Waals surface area (Å²) < 4.78 is 26.5. The van der Waals surface area contributed by atoms with Gasteiger partial charge in [0.2, 0.25) is 0 Å². The maximum Gasteiger partial charge on any atom is 0.272 e. The van der Waals surface area contributed by atoms with E-state index in [1.54, 1.807) is 0 Å². The molecule has 0 unspecified atom stereocenters. The maximum absolute atomic E-state index is 12.6. The van der Waals surface area contributed by atoms with Gasteiger partial charge in [0.1, 0.15) is 6.54 Å². The molecule has 0 spiro atoms. The van der Waals surface area contributed by atoms with Crippen LogP contribution in [-0.4, -0.2) is 15.7 Å². The number of aromatic nitrogens is 2. The largest absolute Gasteiger partial charge is 0.272 e. The standard InChI is InChI=1S/C6H5ClF2N2/c7-4-2-10-11-3-6(8,9)1-5(4)11/h2H,1,3H2. The topological polar surface area (TPSA) is 17.8 Å². The summed E-state index contributed by atoms with van der Waals surface area (Å²) in [4.78, 5) is 0. The van der Waals surface area contributed by atoms with Crippen LogP contribution < -0.4 is 0 Å². The Balaban J connectivity index is 2.42. The van der Waals surface area contributed by atoms with Crippen LogP contribution in [0, 0.1) is 0 Å². The zero-order valence-electron chi connectivity index (χ0n) is 5.52. The van der Waals surface area contributed by atoms with Gasteiger partial charge in [-0.15, -0.1) is 0 Å². The van der Waals surface area contributed by atoms with Crippen molar-refractivity contribution in [2.45, 2.75) is 18.9 Å². The maximum atomic E-state index is 12.6. The van der Waals surface area contributed by atoms with Crippen LogP contribution in [0.15, 0.2) is 6.20 Å². The number of alkyl halides is 2. The molecule has 0 saturated heterocycles. The molecule has 2 rings (SSSR count). The normalized spacial score (nSPS) is 20.3. The van der Waals surface area contributed by atoms with Crippen LogP contribution in [0.3, 0.4) is 0 Å². The molecular weight excluding hydrogens is 174 g/mol. The van der Waals surface area contributed by atoms with Crippen molar-refractivity contribution in [3.63, 3.8) is 0 Å². The SMILES string of the molecule is FC1(F)Cc2c(Cl)cnn2C1. The number of nitrogens with zero attached hydrogens (tertiary/aromatic N) is 2. The van der Waals surface area contributed by atoms with Crippen LogP contribution in [0.25, 0.3) is 0 Å². The third kappa shape index (κ3) is 1.01. The fraction of sp³-hybridized carbons (Fsp3) is 0.500. The number of hydrogen-bond donors (Lipinski definition) is 0. The Hall–Kier alpha value is -0.640. The minimum absolute atomic E-state index is 0.286. The highest BCUT2D eigenvalue weighted by atomic mass is 35.5. The van der Waals surface area contributed by atoms with E-state index in [-0.39, 0.29) is 13.0 Å². The lowest BCUT2D eigenvalue weighted by Gasteiger charge is -2.04. The molecule has 2 heterocycles. The molecule has 1 aromatic rings. The number of fused-ring (bicyclic) bond motifs is 1. The van der Waals surface area contributed by atoms with E-state index in [0.717, 1.165) is 0 Å². The van der Waals surface area contributed by atoms with E-state index in [1.165, 1.54) is 10.9 Å². The van der Waals surface area contributed by atoms with Gasteiger partial charge in [0.15, 0.2) is 0 Å². The average Bonchev–Trinajstić information content (AvgIpc) is 2.31. The Bertz CT molecular complexity index is 295. The van der Waals surface area contributed by atoms with Gasteiger partial charge < -0.3 is 0 Å². The van der Waals surface area contributed by atoms with Crippen molar-refractivity contribution in [3.8, 4) is 0 Å². The second-order valence-corrected chi connectivity index (χ2v) is 3.04. The molecule has 0 aliphatic carbocycles. The second-order valence-electron chi connectivity index (χ2n) is 2.63. The van der Waals surface area contributed by atoms with Gasteiger partial charge in [0.25, 0.3) is 5.92 Å². The Morgan fingerprint density at radius 2 is 2.36 bits per heavy atom. The first-order valence-electron chi connectivity index (χ1n) is 3.16. The molecule has 1 aliphatic rings. The van der Waals surface area contributed by atoms with E-state index in [9.17, 15) is 8.78 Å². The van der Waals surface area contributed by atoms with Crippen LogP contribution in [0.2, 0.25) is 5.02 Å². The van der Waals surface area contributed by atoms with Gasteiger partial charge in [-0.3, -0.25) is 4.68 Å². The van der Waals surface area contributed by atoms with Crippen molar-refractivity contribution in [2.24, 2.45) is 0 Å². The van der Waals surface area contributed by atoms with Crippen LogP contribution in [0.4, 0.5) is 8.78 Å². The summed E-state index contributed by atoms with van der Waals surface area (Å²) in [5.41, 5.74) is 0.441. The molecule has 0 atom stereocenters. The average molecular weight is 179 g/mol. The van der Waals surface area contributed by atoms with Crippen LogP contribution in [0.5, 0.6) is 0 Å². The quantitative estimate of drug-likeness (QED) is 0.592. The molecule has 0 N–H and O–H groups in total. The van der Waals surface area contributed by atoms with Gasteiger partial charge in [0.05, 0.1) is 23.3 Å². The third-order valence-corrected chi connectivity index (χ3v) is 2.02.